The van der Waals surface area contributed by atoms with Gasteiger partial charge >= 0.3 is 11.9 Å². The molecule has 0 fully saturated rings. The zero-order valence-corrected chi connectivity index (χ0v) is 11.6. The third-order valence-corrected chi connectivity index (χ3v) is 2.84. The molecule has 0 radical (unpaired) electrons. The van der Waals surface area contributed by atoms with Crippen molar-refractivity contribution in [2.75, 3.05) is 0 Å². The number of esters is 1. The van der Waals surface area contributed by atoms with E-state index in [1.165, 1.54) is 12.1 Å². The minimum atomic E-state index is -1.12. The van der Waals surface area contributed by atoms with Gasteiger partial charge in [-0.05, 0) is 30.9 Å². The Morgan fingerprint density at radius 1 is 1.21 bits per heavy atom. The Hall–Kier alpha value is -1.84. The van der Waals surface area contributed by atoms with Gasteiger partial charge in [0.2, 0.25) is 0 Å². The van der Waals surface area contributed by atoms with Gasteiger partial charge < -0.3 is 9.84 Å². The van der Waals surface area contributed by atoms with E-state index in [2.05, 4.69) is 13.8 Å². The normalized spacial score (nSPS) is 12.2. The Morgan fingerprint density at radius 3 is 2.26 bits per heavy atom. The van der Waals surface area contributed by atoms with Gasteiger partial charge in [-0.25, -0.2) is 9.59 Å². The molecule has 0 heterocycles. The highest BCUT2D eigenvalue weighted by atomic mass is 16.5. The zero-order valence-electron chi connectivity index (χ0n) is 11.6. The number of rotatable bonds is 6. The second-order valence-electron chi connectivity index (χ2n) is 4.92. The molecular weight excluding hydrogens is 244 g/mol. The van der Waals surface area contributed by atoms with Gasteiger partial charge in [0.25, 0.3) is 0 Å². The summed E-state index contributed by atoms with van der Waals surface area (Å²) < 4.78 is 5.39. The van der Waals surface area contributed by atoms with Gasteiger partial charge in [0.1, 0.15) is 6.10 Å². The molecule has 0 aliphatic rings. The molecule has 0 amide bonds. The lowest BCUT2D eigenvalue weighted by Crippen LogP contribution is -2.21. The first-order valence-corrected chi connectivity index (χ1v) is 6.49. The second kappa shape index (κ2) is 6.92. The molecule has 0 saturated heterocycles. The minimum Gasteiger partial charge on any atom is -0.478 e. The van der Waals surface area contributed by atoms with Gasteiger partial charge in [0.05, 0.1) is 11.1 Å². The number of benzene rings is 1. The lowest BCUT2D eigenvalue weighted by molar-refractivity contribution is 0.0239. The molecule has 0 spiro atoms. The van der Waals surface area contributed by atoms with Crippen LogP contribution in [0.25, 0.3) is 0 Å². The molecule has 1 aromatic rings. The van der Waals surface area contributed by atoms with Crippen molar-refractivity contribution in [1.29, 1.82) is 0 Å². The molecule has 104 valence electrons. The number of ether oxygens (including phenoxy) is 1. The van der Waals surface area contributed by atoms with Gasteiger partial charge in [-0.1, -0.05) is 32.9 Å². The van der Waals surface area contributed by atoms with Crippen molar-refractivity contribution in [3.63, 3.8) is 0 Å². The monoisotopic (exact) mass is 264 g/mol. The standard InChI is InChI=1S/C15H20O4/c1-4-11(9-10(2)3)19-15(18)13-8-6-5-7-12(13)14(16)17/h5-8,10-11H,4,9H2,1-3H3,(H,16,17). The number of carbonyl (C=O) groups excluding carboxylic acids is 1. The highest BCUT2D eigenvalue weighted by Crippen LogP contribution is 2.16. The van der Waals surface area contributed by atoms with E-state index < -0.39 is 11.9 Å². The lowest BCUT2D eigenvalue weighted by atomic mass is 10.0. The fourth-order valence-electron chi connectivity index (χ4n) is 1.89. The highest BCUT2D eigenvalue weighted by molar-refractivity contribution is 6.02. The van der Waals surface area contributed by atoms with Crippen molar-refractivity contribution < 1.29 is 19.4 Å². The Kier molecular flexibility index (Phi) is 5.55. The summed E-state index contributed by atoms with van der Waals surface area (Å²) in [5, 5.41) is 9.04. The quantitative estimate of drug-likeness (QED) is 0.800. The molecule has 4 nitrogen and oxygen atoms in total. The summed E-state index contributed by atoms with van der Waals surface area (Å²) in [7, 11) is 0. The molecule has 1 rings (SSSR count). The summed E-state index contributed by atoms with van der Waals surface area (Å²) in [4.78, 5) is 23.1. The van der Waals surface area contributed by atoms with E-state index in [1.54, 1.807) is 12.1 Å². The summed E-state index contributed by atoms with van der Waals surface area (Å²) in [5.41, 5.74) is 0.0871. The maximum absolute atomic E-state index is 12.0. The van der Waals surface area contributed by atoms with Gasteiger partial charge in [-0.15, -0.1) is 0 Å². The number of carbonyl (C=O) groups is 2. The van der Waals surface area contributed by atoms with Crippen molar-refractivity contribution >= 4 is 11.9 Å². The van der Waals surface area contributed by atoms with Crippen LogP contribution < -0.4 is 0 Å². The first-order chi connectivity index (χ1) is 8.95. The van der Waals surface area contributed by atoms with Crippen LogP contribution in [0.1, 0.15) is 54.3 Å². The fourth-order valence-corrected chi connectivity index (χ4v) is 1.89. The van der Waals surface area contributed by atoms with E-state index in [1.807, 2.05) is 6.92 Å². The lowest BCUT2D eigenvalue weighted by Gasteiger charge is -2.18. The maximum Gasteiger partial charge on any atom is 0.339 e. The minimum absolute atomic E-state index is 0.0214. The van der Waals surface area contributed by atoms with Gasteiger partial charge in [0.15, 0.2) is 0 Å². The molecule has 1 aromatic carbocycles. The molecule has 0 aliphatic heterocycles. The molecule has 19 heavy (non-hydrogen) atoms. The van der Waals surface area contributed by atoms with E-state index >= 15 is 0 Å². The van der Waals surface area contributed by atoms with Crippen LogP contribution >= 0.6 is 0 Å². The molecule has 1 atom stereocenters. The van der Waals surface area contributed by atoms with E-state index in [0.717, 1.165) is 12.8 Å². The molecule has 0 aliphatic carbocycles. The van der Waals surface area contributed by atoms with Crippen molar-refractivity contribution in [1.82, 2.24) is 0 Å². The van der Waals surface area contributed by atoms with E-state index in [-0.39, 0.29) is 17.2 Å². The third-order valence-electron chi connectivity index (χ3n) is 2.84. The number of carboxylic acid groups (broad SMARTS) is 1. The smallest absolute Gasteiger partial charge is 0.339 e. The molecule has 1 N–H and O–H groups in total. The summed E-state index contributed by atoms with van der Waals surface area (Å²) in [6.07, 6.45) is 1.32. The van der Waals surface area contributed by atoms with E-state index in [9.17, 15) is 9.59 Å². The molecule has 4 heteroatoms. The van der Waals surface area contributed by atoms with Crippen molar-refractivity contribution in [3.05, 3.63) is 35.4 Å². The van der Waals surface area contributed by atoms with Crippen LogP contribution in [-0.2, 0) is 4.74 Å². The topological polar surface area (TPSA) is 63.6 Å². The number of hydrogen-bond donors (Lipinski definition) is 1. The first kappa shape index (κ1) is 15.2. The molecule has 1 unspecified atom stereocenters. The molecule has 0 bridgehead atoms. The Bertz CT molecular complexity index is 451. The summed E-state index contributed by atoms with van der Waals surface area (Å²) in [5.74, 6) is -1.26. The fraction of sp³-hybridized carbons (Fsp3) is 0.467. The van der Waals surface area contributed by atoms with Crippen LogP contribution in [-0.4, -0.2) is 23.1 Å². The Labute approximate surface area is 113 Å². The number of carboxylic acids is 1. The Morgan fingerprint density at radius 2 is 1.79 bits per heavy atom. The van der Waals surface area contributed by atoms with Crippen LogP contribution in [0.4, 0.5) is 0 Å². The summed E-state index contributed by atoms with van der Waals surface area (Å²) >= 11 is 0. The van der Waals surface area contributed by atoms with Crippen LogP contribution in [0.2, 0.25) is 0 Å². The predicted octanol–water partition coefficient (Wildman–Crippen LogP) is 3.37. The highest BCUT2D eigenvalue weighted by Gasteiger charge is 2.20. The van der Waals surface area contributed by atoms with Crippen LogP contribution in [0.3, 0.4) is 0 Å². The van der Waals surface area contributed by atoms with Crippen LogP contribution in [0, 0.1) is 5.92 Å². The van der Waals surface area contributed by atoms with Crippen molar-refractivity contribution in [2.45, 2.75) is 39.7 Å². The number of aromatic carboxylic acids is 1. The van der Waals surface area contributed by atoms with Crippen molar-refractivity contribution in [2.24, 2.45) is 5.92 Å². The number of hydrogen-bond acceptors (Lipinski definition) is 3. The van der Waals surface area contributed by atoms with E-state index in [4.69, 9.17) is 9.84 Å². The largest absolute Gasteiger partial charge is 0.478 e. The maximum atomic E-state index is 12.0. The van der Waals surface area contributed by atoms with Crippen LogP contribution in [0.5, 0.6) is 0 Å². The second-order valence-corrected chi connectivity index (χ2v) is 4.92. The van der Waals surface area contributed by atoms with E-state index in [0.29, 0.717) is 5.92 Å². The van der Waals surface area contributed by atoms with Crippen LogP contribution in [0.15, 0.2) is 24.3 Å². The predicted molar refractivity (Wildman–Crippen MR) is 72.4 cm³/mol. The van der Waals surface area contributed by atoms with Gasteiger partial charge in [0, 0.05) is 0 Å². The Balaban J connectivity index is 2.86. The molecule has 0 saturated carbocycles. The summed E-state index contributed by atoms with van der Waals surface area (Å²) in [6, 6.07) is 6.11. The average Bonchev–Trinajstić information content (AvgIpc) is 2.37. The van der Waals surface area contributed by atoms with Crippen molar-refractivity contribution in [3.8, 4) is 0 Å². The van der Waals surface area contributed by atoms with Gasteiger partial charge in [-0.2, -0.15) is 0 Å². The first-order valence-electron chi connectivity index (χ1n) is 6.49. The zero-order chi connectivity index (χ0) is 14.4. The molecular formula is C15H20O4. The third kappa shape index (κ3) is 4.39. The summed E-state index contributed by atoms with van der Waals surface area (Å²) in [6.45, 7) is 6.06. The van der Waals surface area contributed by atoms with Gasteiger partial charge in [-0.3, -0.25) is 0 Å². The average molecular weight is 264 g/mol. The SMILES string of the molecule is CCC(CC(C)C)OC(=O)c1ccccc1C(=O)O. The molecule has 0 aromatic heterocycles.